The summed E-state index contributed by atoms with van der Waals surface area (Å²) in [6.45, 7) is 2.11. The molecule has 3 aromatic carbocycles. The highest BCUT2D eigenvalue weighted by Crippen LogP contribution is 2.21. The number of esters is 1. The third kappa shape index (κ3) is 7.79. The van der Waals surface area contributed by atoms with Gasteiger partial charge in [0.15, 0.2) is 0 Å². The number of anilines is 1. The number of carbonyl (C=O) groups is 3. The molecule has 0 saturated heterocycles. The maximum Gasteiger partial charge on any atom is 0.316 e. The summed E-state index contributed by atoms with van der Waals surface area (Å²) in [6.07, 6.45) is 1.58. The Labute approximate surface area is 207 Å². The van der Waals surface area contributed by atoms with E-state index in [-0.39, 0.29) is 17.4 Å². The number of ether oxygens (including phenoxy) is 1. The minimum absolute atomic E-state index is 0.0805. The lowest BCUT2D eigenvalue weighted by Gasteiger charge is -2.12. The number of benzene rings is 3. The lowest BCUT2D eigenvalue weighted by molar-refractivity contribution is -0.139. The van der Waals surface area contributed by atoms with Crippen LogP contribution in [-0.4, -0.2) is 30.1 Å². The van der Waals surface area contributed by atoms with E-state index in [4.69, 9.17) is 16.3 Å². The summed E-state index contributed by atoms with van der Waals surface area (Å²) in [6, 6.07) is 22.6. The maximum absolute atomic E-state index is 13.0. The fourth-order valence-corrected chi connectivity index (χ4v) is 3.67. The second kappa shape index (κ2) is 12.6. The number of thioether (sulfide) groups is 1. The third-order valence-electron chi connectivity index (χ3n) is 4.48. The quantitative estimate of drug-likeness (QED) is 0.236. The van der Waals surface area contributed by atoms with E-state index in [0.717, 1.165) is 4.90 Å². The van der Waals surface area contributed by atoms with Crippen molar-refractivity contribution in [2.24, 2.45) is 0 Å². The van der Waals surface area contributed by atoms with Crippen molar-refractivity contribution in [3.63, 3.8) is 0 Å². The monoisotopic (exact) mass is 494 g/mol. The molecular formula is C26H23ClN2O4S. The highest BCUT2D eigenvalue weighted by atomic mass is 35.5. The number of halogens is 1. The molecule has 34 heavy (non-hydrogen) atoms. The van der Waals surface area contributed by atoms with Crippen LogP contribution in [0.1, 0.15) is 22.8 Å². The molecule has 8 heteroatoms. The van der Waals surface area contributed by atoms with Crippen LogP contribution in [0.25, 0.3) is 6.08 Å². The van der Waals surface area contributed by atoms with Gasteiger partial charge in [0.05, 0.1) is 12.4 Å². The highest BCUT2D eigenvalue weighted by Gasteiger charge is 2.15. The van der Waals surface area contributed by atoms with Crippen LogP contribution < -0.4 is 10.6 Å². The van der Waals surface area contributed by atoms with E-state index in [1.54, 1.807) is 85.8 Å². The number of carbonyl (C=O) groups excluding carboxylic acids is 3. The van der Waals surface area contributed by atoms with Crippen LogP contribution in [0.15, 0.2) is 89.5 Å². The summed E-state index contributed by atoms with van der Waals surface area (Å²) in [5.74, 6) is -0.956. The van der Waals surface area contributed by atoms with Gasteiger partial charge < -0.3 is 15.4 Å². The smallest absolute Gasteiger partial charge is 0.316 e. The van der Waals surface area contributed by atoms with Crippen LogP contribution in [-0.2, 0) is 14.3 Å². The molecular weight excluding hydrogens is 472 g/mol. The van der Waals surface area contributed by atoms with Gasteiger partial charge >= 0.3 is 5.97 Å². The van der Waals surface area contributed by atoms with Crippen molar-refractivity contribution in [1.82, 2.24) is 5.32 Å². The zero-order valence-electron chi connectivity index (χ0n) is 18.4. The Morgan fingerprint density at radius 2 is 1.62 bits per heavy atom. The van der Waals surface area contributed by atoms with E-state index in [9.17, 15) is 14.4 Å². The van der Waals surface area contributed by atoms with Crippen molar-refractivity contribution < 1.29 is 19.1 Å². The van der Waals surface area contributed by atoms with E-state index in [1.807, 2.05) is 6.07 Å². The van der Waals surface area contributed by atoms with Crippen molar-refractivity contribution in [2.45, 2.75) is 11.8 Å². The Hall–Kier alpha value is -3.55. The van der Waals surface area contributed by atoms with Crippen LogP contribution >= 0.6 is 23.4 Å². The number of rotatable bonds is 9. The van der Waals surface area contributed by atoms with Gasteiger partial charge in [-0.3, -0.25) is 14.4 Å². The van der Waals surface area contributed by atoms with Crippen molar-refractivity contribution in [3.05, 3.63) is 101 Å². The molecule has 0 aliphatic heterocycles. The third-order valence-corrected chi connectivity index (χ3v) is 5.72. The van der Waals surface area contributed by atoms with Crippen LogP contribution in [0.2, 0.25) is 5.02 Å². The van der Waals surface area contributed by atoms with Gasteiger partial charge in [0.25, 0.3) is 11.8 Å². The van der Waals surface area contributed by atoms with Crippen LogP contribution in [0.5, 0.6) is 0 Å². The molecule has 6 nitrogen and oxygen atoms in total. The van der Waals surface area contributed by atoms with Gasteiger partial charge in [0.1, 0.15) is 5.70 Å². The predicted molar refractivity (Wildman–Crippen MR) is 136 cm³/mol. The lowest BCUT2D eigenvalue weighted by atomic mass is 10.1. The molecule has 0 bridgehead atoms. The second-order valence-electron chi connectivity index (χ2n) is 7.00. The van der Waals surface area contributed by atoms with Crippen LogP contribution in [0.3, 0.4) is 0 Å². The highest BCUT2D eigenvalue weighted by molar-refractivity contribution is 8.00. The Bertz CT molecular complexity index is 1160. The summed E-state index contributed by atoms with van der Waals surface area (Å²) >= 11 is 7.30. The zero-order valence-corrected chi connectivity index (χ0v) is 20.0. The van der Waals surface area contributed by atoms with Crippen molar-refractivity contribution in [3.8, 4) is 0 Å². The van der Waals surface area contributed by atoms with E-state index < -0.39 is 11.8 Å². The molecule has 174 valence electrons. The molecule has 0 saturated carbocycles. The first-order chi connectivity index (χ1) is 16.4. The Balaban J connectivity index is 1.73. The van der Waals surface area contributed by atoms with Crippen molar-refractivity contribution >= 4 is 52.9 Å². The van der Waals surface area contributed by atoms with E-state index in [2.05, 4.69) is 10.6 Å². The molecule has 3 rings (SSSR count). The average molecular weight is 495 g/mol. The Morgan fingerprint density at radius 1 is 0.941 bits per heavy atom. The van der Waals surface area contributed by atoms with E-state index in [0.29, 0.717) is 28.4 Å². The topological polar surface area (TPSA) is 84.5 Å². The summed E-state index contributed by atoms with van der Waals surface area (Å²) in [5.41, 5.74) is 1.76. The van der Waals surface area contributed by atoms with Gasteiger partial charge in [-0.05, 0) is 67.1 Å². The van der Waals surface area contributed by atoms with Crippen LogP contribution in [0.4, 0.5) is 5.69 Å². The predicted octanol–water partition coefficient (Wildman–Crippen LogP) is 5.40. The molecule has 0 aliphatic rings. The fraction of sp³-hybridized carbons (Fsp3) is 0.115. The average Bonchev–Trinajstić information content (AvgIpc) is 2.85. The van der Waals surface area contributed by atoms with Gasteiger partial charge in [-0.25, -0.2) is 0 Å². The molecule has 0 aliphatic carbocycles. The van der Waals surface area contributed by atoms with Crippen molar-refractivity contribution in [2.75, 3.05) is 17.7 Å². The minimum atomic E-state index is -0.480. The van der Waals surface area contributed by atoms with Gasteiger partial charge in [0, 0.05) is 21.2 Å². The molecule has 2 amide bonds. The summed E-state index contributed by atoms with van der Waals surface area (Å²) in [7, 11) is 0. The summed E-state index contributed by atoms with van der Waals surface area (Å²) < 4.78 is 4.92. The Kier molecular flexibility index (Phi) is 9.31. The molecule has 0 heterocycles. The minimum Gasteiger partial charge on any atom is -0.465 e. The molecule has 0 unspecified atom stereocenters. The number of hydrogen-bond donors (Lipinski definition) is 2. The first kappa shape index (κ1) is 25.1. The van der Waals surface area contributed by atoms with E-state index >= 15 is 0 Å². The molecule has 0 radical (unpaired) electrons. The number of nitrogens with one attached hydrogen (secondary N) is 2. The van der Waals surface area contributed by atoms with Crippen LogP contribution in [0, 0.1) is 0 Å². The normalized spacial score (nSPS) is 10.9. The zero-order chi connectivity index (χ0) is 24.3. The summed E-state index contributed by atoms with van der Waals surface area (Å²) in [4.78, 5) is 38.1. The molecule has 0 aromatic heterocycles. The summed E-state index contributed by atoms with van der Waals surface area (Å²) in [5, 5.41) is 6.06. The largest absolute Gasteiger partial charge is 0.465 e. The lowest BCUT2D eigenvalue weighted by Crippen LogP contribution is -2.30. The number of amides is 2. The molecule has 0 atom stereocenters. The Morgan fingerprint density at radius 3 is 2.26 bits per heavy atom. The maximum atomic E-state index is 13.0. The van der Waals surface area contributed by atoms with E-state index in [1.165, 1.54) is 11.8 Å². The standard InChI is InChI=1S/C26H23ClN2O4S/c1-2-33-24(30)17-34-22-14-12-21(13-15-22)28-26(32)23(16-18-8-10-20(27)11-9-18)29-25(31)19-6-4-3-5-7-19/h3-16H,2,17H2,1H3,(H,28,32)(H,29,31)/b23-16-. The first-order valence-electron chi connectivity index (χ1n) is 10.5. The molecule has 0 spiro atoms. The SMILES string of the molecule is CCOC(=O)CSc1ccc(NC(=O)/C(=C/c2ccc(Cl)cc2)NC(=O)c2ccccc2)cc1. The fourth-order valence-electron chi connectivity index (χ4n) is 2.85. The number of hydrogen-bond acceptors (Lipinski definition) is 5. The van der Waals surface area contributed by atoms with Gasteiger partial charge in [-0.1, -0.05) is 41.9 Å². The molecule has 2 N–H and O–H groups in total. The molecule has 3 aromatic rings. The van der Waals surface area contributed by atoms with Crippen molar-refractivity contribution in [1.29, 1.82) is 0 Å². The van der Waals surface area contributed by atoms with Gasteiger partial charge in [-0.15, -0.1) is 11.8 Å². The molecule has 0 fully saturated rings. The first-order valence-corrected chi connectivity index (χ1v) is 11.8. The second-order valence-corrected chi connectivity index (χ2v) is 8.49. The van der Waals surface area contributed by atoms with Gasteiger partial charge in [-0.2, -0.15) is 0 Å². The van der Waals surface area contributed by atoms with Gasteiger partial charge in [0.2, 0.25) is 0 Å².